The topological polar surface area (TPSA) is 99.2 Å². The predicted molar refractivity (Wildman–Crippen MR) is 104 cm³/mol. The highest BCUT2D eigenvalue weighted by molar-refractivity contribution is 5.76. The van der Waals surface area contributed by atoms with Crippen LogP contribution in [0.2, 0.25) is 0 Å². The molecule has 3 aromatic rings. The quantitative estimate of drug-likeness (QED) is 0.602. The third-order valence-electron chi connectivity index (χ3n) is 5.40. The molecule has 1 unspecified atom stereocenters. The van der Waals surface area contributed by atoms with E-state index in [-0.39, 0.29) is 12.5 Å². The summed E-state index contributed by atoms with van der Waals surface area (Å²) >= 11 is 0. The molecule has 0 spiro atoms. The van der Waals surface area contributed by atoms with Crippen molar-refractivity contribution in [3.05, 3.63) is 48.8 Å². The monoisotopic (exact) mass is 396 g/mol. The summed E-state index contributed by atoms with van der Waals surface area (Å²) in [6.07, 6.45) is 9.30. The average Bonchev–Trinajstić information content (AvgIpc) is 3.46. The minimum absolute atomic E-state index is 0.0352. The molecule has 9 nitrogen and oxygen atoms in total. The highest BCUT2D eigenvalue weighted by atomic mass is 16.5. The van der Waals surface area contributed by atoms with Crippen LogP contribution >= 0.6 is 0 Å². The third kappa shape index (κ3) is 4.19. The molecule has 4 heterocycles. The molecular formula is C20H24N6O3. The normalized spacial score (nSPS) is 19.4. The third-order valence-corrected chi connectivity index (χ3v) is 5.40. The van der Waals surface area contributed by atoms with Gasteiger partial charge in [-0.15, -0.1) is 0 Å². The first kappa shape index (κ1) is 19.3. The van der Waals surface area contributed by atoms with Crippen molar-refractivity contribution in [3.8, 4) is 11.5 Å². The molecule has 1 saturated heterocycles. The van der Waals surface area contributed by atoms with E-state index in [4.69, 9.17) is 9.26 Å². The van der Waals surface area contributed by atoms with Crippen molar-refractivity contribution < 1.29 is 14.1 Å². The number of piperidine rings is 1. The Morgan fingerprint density at radius 2 is 2.17 bits per heavy atom. The number of aromatic nitrogens is 5. The highest BCUT2D eigenvalue weighted by Gasteiger charge is 2.42. The minimum Gasteiger partial charge on any atom is -0.385 e. The van der Waals surface area contributed by atoms with Crippen LogP contribution in [0.5, 0.6) is 0 Å². The summed E-state index contributed by atoms with van der Waals surface area (Å²) in [6, 6.07) is 5.48. The molecule has 1 atom stereocenters. The van der Waals surface area contributed by atoms with Crippen LogP contribution in [0.3, 0.4) is 0 Å². The van der Waals surface area contributed by atoms with Gasteiger partial charge in [-0.2, -0.15) is 10.1 Å². The van der Waals surface area contributed by atoms with Crippen LogP contribution in [0.25, 0.3) is 11.5 Å². The van der Waals surface area contributed by atoms with Crippen molar-refractivity contribution >= 4 is 5.91 Å². The van der Waals surface area contributed by atoms with E-state index in [1.807, 2.05) is 23.1 Å². The molecule has 29 heavy (non-hydrogen) atoms. The number of amides is 1. The molecule has 152 valence electrons. The molecule has 0 saturated carbocycles. The van der Waals surface area contributed by atoms with Crippen LogP contribution in [-0.2, 0) is 21.5 Å². The Bertz CT molecular complexity index is 927. The Morgan fingerprint density at radius 1 is 1.31 bits per heavy atom. The second kappa shape index (κ2) is 8.52. The van der Waals surface area contributed by atoms with Crippen LogP contribution in [0.4, 0.5) is 0 Å². The Balaban J connectivity index is 1.57. The van der Waals surface area contributed by atoms with E-state index in [0.717, 1.165) is 18.4 Å². The standard InChI is InChI=1S/C20H24N6O3/c1-28-13-7-20(19-23-18(29-24-19)16-4-9-21-10-5-16)6-2-11-25(15-20)17(27)14-26-12-3-8-22-26/h3-5,8-10,12H,2,6-7,11,13-15H2,1H3. The number of nitrogens with zero attached hydrogens (tertiary/aromatic N) is 6. The largest absolute Gasteiger partial charge is 0.385 e. The van der Waals surface area contributed by atoms with Gasteiger partial charge in [0.2, 0.25) is 5.91 Å². The lowest BCUT2D eigenvalue weighted by Gasteiger charge is -2.40. The summed E-state index contributed by atoms with van der Waals surface area (Å²) in [6.45, 7) is 2.03. The number of likely N-dealkylation sites (tertiary alicyclic amines) is 1. The van der Waals surface area contributed by atoms with Gasteiger partial charge >= 0.3 is 0 Å². The van der Waals surface area contributed by atoms with Crippen molar-refractivity contribution in [1.82, 2.24) is 29.8 Å². The maximum absolute atomic E-state index is 12.8. The lowest BCUT2D eigenvalue weighted by Crippen LogP contribution is -2.50. The first-order chi connectivity index (χ1) is 14.2. The van der Waals surface area contributed by atoms with Crippen LogP contribution in [0, 0.1) is 0 Å². The van der Waals surface area contributed by atoms with Gasteiger partial charge in [0.1, 0.15) is 6.54 Å². The molecule has 0 aliphatic carbocycles. The number of carbonyl (C=O) groups excluding carboxylic acids is 1. The van der Waals surface area contributed by atoms with Gasteiger partial charge in [-0.05, 0) is 37.5 Å². The summed E-state index contributed by atoms with van der Waals surface area (Å²) in [5.74, 6) is 1.12. The molecule has 3 aromatic heterocycles. The van der Waals surface area contributed by atoms with Gasteiger partial charge in [0.15, 0.2) is 5.82 Å². The molecule has 0 aromatic carbocycles. The van der Waals surface area contributed by atoms with Gasteiger partial charge < -0.3 is 14.2 Å². The maximum atomic E-state index is 12.8. The van der Waals surface area contributed by atoms with Gasteiger partial charge in [0.05, 0.1) is 5.41 Å². The lowest BCUT2D eigenvalue weighted by molar-refractivity contribution is -0.134. The Morgan fingerprint density at radius 3 is 2.93 bits per heavy atom. The van der Waals surface area contributed by atoms with E-state index in [2.05, 4.69) is 20.2 Å². The number of ether oxygens (including phenoxy) is 1. The summed E-state index contributed by atoms with van der Waals surface area (Å²) in [7, 11) is 1.68. The van der Waals surface area contributed by atoms with Crippen LogP contribution in [-0.4, -0.2) is 62.5 Å². The van der Waals surface area contributed by atoms with Crippen molar-refractivity contribution in [2.75, 3.05) is 26.8 Å². The summed E-state index contributed by atoms with van der Waals surface area (Å²) in [5.41, 5.74) is 0.422. The van der Waals surface area contributed by atoms with Gasteiger partial charge in [-0.3, -0.25) is 14.5 Å². The van der Waals surface area contributed by atoms with Gasteiger partial charge in [-0.25, -0.2) is 0 Å². The number of pyridine rings is 1. The lowest BCUT2D eigenvalue weighted by atomic mass is 9.76. The van der Waals surface area contributed by atoms with Crippen molar-refractivity contribution in [3.63, 3.8) is 0 Å². The van der Waals surface area contributed by atoms with E-state index < -0.39 is 5.41 Å². The SMILES string of the molecule is COCCC1(c2noc(-c3ccncc3)n2)CCCN(C(=O)Cn2cccn2)C1. The fourth-order valence-corrected chi connectivity index (χ4v) is 3.82. The van der Waals surface area contributed by atoms with Crippen molar-refractivity contribution in [1.29, 1.82) is 0 Å². The molecule has 1 aliphatic rings. The molecule has 1 amide bonds. The Hall–Kier alpha value is -3.07. The number of hydrogen-bond donors (Lipinski definition) is 0. The van der Waals surface area contributed by atoms with E-state index in [1.165, 1.54) is 0 Å². The second-order valence-electron chi connectivity index (χ2n) is 7.30. The van der Waals surface area contributed by atoms with Gasteiger partial charge in [-0.1, -0.05) is 5.16 Å². The first-order valence-electron chi connectivity index (χ1n) is 9.69. The van der Waals surface area contributed by atoms with E-state index in [9.17, 15) is 4.79 Å². The molecule has 4 rings (SSSR count). The molecule has 0 N–H and O–H groups in total. The minimum atomic E-state index is -0.400. The van der Waals surface area contributed by atoms with Gasteiger partial charge in [0, 0.05) is 57.2 Å². The number of methoxy groups -OCH3 is 1. The molecule has 0 bridgehead atoms. The fraction of sp³-hybridized carbons (Fsp3) is 0.450. The van der Waals surface area contributed by atoms with E-state index in [1.54, 1.807) is 36.6 Å². The van der Waals surface area contributed by atoms with E-state index >= 15 is 0 Å². The summed E-state index contributed by atoms with van der Waals surface area (Å²) in [5, 5.41) is 8.43. The fourth-order valence-electron chi connectivity index (χ4n) is 3.82. The first-order valence-corrected chi connectivity index (χ1v) is 9.69. The van der Waals surface area contributed by atoms with Crippen LogP contribution in [0.1, 0.15) is 25.1 Å². The molecule has 0 radical (unpaired) electrons. The van der Waals surface area contributed by atoms with Crippen molar-refractivity contribution in [2.45, 2.75) is 31.2 Å². The number of hydrogen-bond acceptors (Lipinski definition) is 7. The smallest absolute Gasteiger partial charge is 0.258 e. The zero-order valence-corrected chi connectivity index (χ0v) is 16.4. The predicted octanol–water partition coefficient (Wildman–Crippen LogP) is 1.93. The summed E-state index contributed by atoms with van der Waals surface area (Å²) in [4.78, 5) is 23.4. The van der Waals surface area contributed by atoms with Crippen molar-refractivity contribution in [2.24, 2.45) is 0 Å². The molecular weight excluding hydrogens is 372 g/mol. The number of rotatable bonds is 7. The zero-order chi connectivity index (χ0) is 20.1. The molecule has 1 aliphatic heterocycles. The Kier molecular flexibility index (Phi) is 5.66. The molecule has 9 heteroatoms. The van der Waals surface area contributed by atoms with E-state index in [0.29, 0.717) is 37.8 Å². The zero-order valence-electron chi connectivity index (χ0n) is 16.4. The highest BCUT2D eigenvalue weighted by Crippen LogP contribution is 2.36. The number of carbonyl (C=O) groups is 1. The summed E-state index contributed by atoms with van der Waals surface area (Å²) < 4.78 is 12.5. The maximum Gasteiger partial charge on any atom is 0.258 e. The van der Waals surface area contributed by atoms with Crippen LogP contribution < -0.4 is 0 Å². The average molecular weight is 396 g/mol. The van der Waals surface area contributed by atoms with Crippen LogP contribution in [0.15, 0.2) is 47.5 Å². The van der Waals surface area contributed by atoms with Gasteiger partial charge in [0.25, 0.3) is 5.89 Å². The second-order valence-corrected chi connectivity index (χ2v) is 7.30. The molecule has 1 fully saturated rings. The Labute approximate surface area is 168 Å².